The van der Waals surface area contributed by atoms with Gasteiger partial charge < -0.3 is 14.2 Å². The lowest BCUT2D eigenvalue weighted by Gasteiger charge is -2.31. The highest BCUT2D eigenvalue weighted by Crippen LogP contribution is 2.29. The summed E-state index contributed by atoms with van der Waals surface area (Å²) < 4.78 is 47.0. The van der Waals surface area contributed by atoms with E-state index in [-0.39, 0.29) is 17.8 Å². The minimum atomic E-state index is -4.69. The molecule has 0 bridgehead atoms. The van der Waals surface area contributed by atoms with Crippen LogP contribution in [0.5, 0.6) is 0 Å². The summed E-state index contributed by atoms with van der Waals surface area (Å²) in [6.45, 7) is 3.37. The lowest BCUT2D eigenvalue weighted by molar-refractivity contribution is -0.159. The summed E-state index contributed by atoms with van der Waals surface area (Å²) in [7, 11) is 0. The van der Waals surface area contributed by atoms with Crippen molar-refractivity contribution in [3.05, 3.63) is 35.7 Å². The molecule has 1 saturated heterocycles. The molecule has 1 aromatic carbocycles. The van der Waals surface area contributed by atoms with E-state index in [1.165, 1.54) is 24.3 Å². The van der Waals surface area contributed by atoms with Crippen molar-refractivity contribution >= 4 is 5.91 Å². The van der Waals surface area contributed by atoms with E-state index in [4.69, 9.17) is 4.74 Å². The van der Waals surface area contributed by atoms with Crippen LogP contribution in [-0.4, -0.2) is 46.7 Å². The number of morpholine rings is 1. The number of amides is 1. The van der Waals surface area contributed by atoms with Crippen molar-refractivity contribution in [1.29, 1.82) is 0 Å². The molecule has 0 N–H and O–H groups in total. The molecule has 128 valence electrons. The second-order valence-corrected chi connectivity index (χ2v) is 5.43. The van der Waals surface area contributed by atoms with Gasteiger partial charge in [-0.05, 0) is 19.1 Å². The fraction of sp³-hybridized carbons (Fsp3) is 0.400. The summed E-state index contributed by atoms with van der Waals surface area (Å²) in [6, 6.07) is 6.03. The quantitative estimate of drug-likeness (QED) is 0.840. The van der Waals surface area contributed by atoms with Gasteiger partial charge in [-0.15, -0.1) is 0 Å². The number of benzene rings is 1. The fourth-order valence-electron chi connectivity index (χ4n) is 2.40. The van der Waals surface area contributed by atoms with Crippen LogP contribution in [0.4, 0.5) is 13.2 Å². The van der Waals surface area contributed by atoms with Gasteiger partial charge in [-0.25, -0.2) is 0 Å². The Bertz CT molecular complexity index is 728. The minimum absolute atomic E-state index is 0.0258. The highest BCUT2D eigenvalue weighted by Gasteiger charge is 2.38. The Labute approximate surface area is 135 Å². The average Bonchev–Trinajstić information content (AvgIpc) is 3.04. The summed E-state index contributed by atoms with van der Waals surface area (Å²) in [6.07, 6.45) is -4.71. The first-order valence-electron chi connectivity index (χ1n) is 7.27. The molecule has 1 aromatic heterocycles. The monoisotopic (exact) mass is 341 g/mol. The van der Waals surface area contributed by atoms with Gasteiger partial charge in [0.25, 0.3) is 5.91 Å². The number of hydrogen-bond donors (Lipinski definition) is 0. The SMILES string of the molecule is C[C@@H]1CN(C(=O)c2ccc(-c3noc(C(F)(F)F)n3)cc2)CCO1. The van der Waals surface area contributed by atoms with E-state index < -0.39 is 12.1 Å². The number of aromatic nitrogens is 2. The van der Waals surface area contributed by atoms with Gasteiger partial charge >= 0.3 is 12.1 Å². The Morgan fingerprint density at radius 2 is 2.00 bits per heavy atom. The molecule has 1 fully saturated rings. The van der Waals surface area contributed by atoms with E-state index in [1.807, 2.05) is 6.92 Å². The van der Waals surface area contributed by atoms with Gasteiger partial charge in [-0.1, -0.05) is 17.3 Å². The molecule has 0 spiro atoms. The van der Waals surface area contributed by atoms with Crippen LogP contribution in [0.3, 0.4) is 0 Å². The molecule has 24 heavy (non-hydrogen) atoms. The molecule has 3 rings (SSSR count). The van der Waals surface area contributed by atoms with E-state index >= 15 is 0 Å². The number of carbonyl (C=O) groups excluding carboxylic acids is 1. The van der Waals surface area contributed by atoms with Crippen molar-refractivity contribution in [1.82, 2.24) is 15.0 Å². The highest BCUT2D eigenvalue weighted by atomic mass is 19.4. The Morgan fingerprint density at radius 1 is 1.29 bits per heavy atom. The van der Waals surface area contributed by atoms with Crippen molar-refractivity contribution in [3.63, 3.8) is 0 Å². The van der Waals surface area contributed by atoms with Crippen molar-refractivity contribution < 1.29 is 27.2 Å². The molecule has 1 aliphatic heterocycles. The maximum Gasteiger partial charge on any atom is 0.471 e. The topological polar surface area (TPSA) is 68.5 Å². The first-order valence-corrected chi connectivity index (χ1v) is 7.27. The largest absolute Gasteiger partial charge is 0.471 e. The van der Waals surface area contributed by atoms with Crippen LogP contribution in [0.2, 0.25) is 0 Å². The Kier molecular flexibility index (Phi) is 4.27. The van der Waals surface area contributed by atoms with Crippen molar-refractivity contribution in [3.8, 4) is 11.4 Å². The predicted octanol–water partition coefficient (Wildman–Crippen LogP) is 2.62. The number of carbonyl (C=O) groups is 1. The summed E-state index contributed by atoms with van der Waals surface area (Å²) in [5, 5.41) is 3.31. The normalized spacial score (nSPS) is 18.7. The third kappa shape index (κ3) is 3.40. The van der Waals surface area contributed by atoms with Gasteiger partial charge in [0.15, 0.2) is 0 Å². The van der Waals surface area contributed by atoms with Crippen LogP contribution in [0.25, 0.3) is 11.4 Å². The average molecular weight is 341 g/mol. The second kappa shape index (κ2) is 6.23. The lowest BCUT2D eigenvalue weighted by atomic mass is 10.1. The van der Waals surface area contributed by atoms with Crippen LogP contribution in [0.15, 0.2) is 28.8 Å². The predicted molar refractivity (Wildman–Crippen MR) is 76.1 cm³/mol. The van der Waals surface area contributed by atoms with Crippen molar-refractivity contribution in [2.24, 2.45) is 0 Å². The Morgan fingerprint density at radius 3 is 2.58 bits per heavy atom. The van der Waals surface area contributed by atoms with Gasteiger partial charge in [0.1, 0.15) is 0 Å². The number of nitrogens with zero attached hydrogens (tertiary/aromatic N) is 3. The van der Waals surface area contributed by atoms with Crippen LogP contribution in [-0.2, 0) is 10.9 Å². The van der Waals surface area contributed by atoms with Gasteiger partial charge in [0, 0.05) is 24.2 Å². The van der Waals surface area contributed by atoms with E-state index in [2.05, 4.69) is 14.7 Å². The molecule has 0 radical (unpaired) electrons. The third-order valence-electron chi connectivity index (χ3n) is 3.59. The van der Waals surface area contributed by atoms with E-state index in [9.17, 15) is 18.0 Å². The van der Waals surface area contributed by atoms with Crippen LogP contribution < -0.4 is 0 Å². The third-order valence-corrected chi connectivity index (χ3v) is 3.59. The van der Waals surface area contributed by atoms with E-state index in [0.717, 1.165) is 0 Å². The summed E-state index contributed by atoms with van der Waals surface area (Å²) >= 11 is 0. The molecule has 6 nitrogen and oxygen atoms in total. The zero-order chi connectivity index (χ0) is 17.3. The second-order valence-electron chi connectivity index (χ2n) is 5.43. The molecule has 2 heterocycles. The molecule has 1 atom stereocenters. The molecule has 1 amide bonds. The van der Waals surface area contributed by atoms with E-state index in [1.54, 1.807) is 4.90 Å². The molecule has 2 aromatic rings. The van der Waals surface area contributed by atoms with Crippen LogP contribution in [0.1, 0.15) is 23.2 Å². The van der Waals surface area contributed by atoms with Gasteiger partial charge in [-0.2, -0.15) is 18.2 Å². The molecule has 0 aliphatic carbocycles. The molecular formula is C15H14F3N3O3. The molecular weight excluding hydrogens is 327 g/mol. The zero-order valence-electron chi connectivity index (χ0n) is 12.7. The smallest absolute Gasteiger partial charge is 0.375 e. The number of alkyl halides is 3. The molecule has 0 saturated carbocycles. The fourth-order valence-corrected chi connectivity index (χ4v) is 2.40. The standard InChI is InChI=1S/C15H14F3N3O3/c1-9-8-21(6-7-23-9)13(22)11-4-2-10(3-5-11)12-19-14(24-20-12)15(16,17)18/h2-5,9H,6-8H2,1H3/t9-/m1/s1. The van der Waals surface area contributed by atoms with Crippen molar-refractivity contribution in [2.75, 3.05) is 19.7 Å². The van der Waals surface area contributed by atoms with Crippen LogP contribution >= 0.6 is 0 Å². The Hall–Kier alpha value is -2.42. The lowest BCUT2D eigenvalue weighted by Crippen LogP contribution is -2.44. The highest BCUT2D eigenvalue weighted by molar-refractivity contribution is 5.94. The van der Waals surface area contributed by atoms with Gasteiger partial charge in [-0.3, -0.25) is 4.79 Å². The molecule has 1 aliphatic rings. The number of ether oxygens (including phenoxy) is 1. The summed E-state index contributed by atoms with van der Waals surface area (Å²) in [5.74, 6) is -1.73. The first-order chi connectivity index (χ1) is 11.3. The van der Waals surface area contributed by atoms with Gasteiger partial charge in [0.2, 0.25) is 5.82 Å². The molecule has 9 heteroatoms. The minimum Gasteiger partial charge on any atom is -0.375 e. The van der Waals surface area contributed by atoms with Crippen molar-refractivity contribution in [2.45, 2.75) is 19.2 Å². The summed E-state index contributed by atoms with van der Waals surface area (Å²) in [5.41, 5.74) is 0.772. The Balaban J connectivity index is 1.75. The molecule has 0 unspecified atom stereocenters. The maximum absolute atomic E-state index is 12.5. The van der Waals surface area contributed by atoms with Gasteiger partial charge in [0.05, 0.1) is 12.7 Å². The zero-order valence-corrected chi connectivity index (χ0v) is 12.7. The van der Waals surface area contributed by atoms with Crippen LogP contribution in [0, 0.1) is 0 Å². The summed E-state index contributed by atoms with van der Waals surface area (Å²) in [4.78, 5) is 17.4. The first kappa shape index (κ1) is 16.4. The number of rotatable bonds is 2. The maximum atomic E-state index is 12.5. The van der Waals surface area contributed by atoms with E-state index in [0.29, 0.717) is 30.8 Å². The number of hydrogen-bond acceptors (Lipinski definition) is 5. The number of halogens is 3.